The molecule has 18 heavy (non-hydrogen) atoms. The van der Waals surface area contributed by atoms with Crippen molar-refractivity contribution >= 4 is 11.9 Å². The van der Waals surface area contributed by atoms with Crippen molar-refractivity contribution in [3.8, 4) is 0 Å². The van der Waals surface area contributed by atoms with E-state index in [1.54, 1.807) is 30.3 Å². The molecule has 0 spiro atoms. The number of carbonyl (C=O) groups is 2. The monoisotopic (exact) mass is 253 g/mol. The van der Waals surface area contributed by atoms with Crippen LogP contribution in [-0.4, -0.2) is 45.9 Å². The summed E-state index contributed by atoms with van der Waals surface area (Å²) >= 11 is 0. The van der Waals surface area contributed by atoms with Crippen LogP contribution in [0.1, 0.15) is 5.56 Å². The Morgan fingerprint density at radius 2 is 1.83 bits per heavy atom. The molecule has 0 heterocycles. The maximum absolute atomic E-state index is 11.3. The zero-order chi connectivity index (χ0) is 13.5. The summed E-state index contributed by atoms with van der Waals surface area (Å²) in [6.07, 6.45) is -1.50. The third kappa shape index (κ3) is 4.15. The van der Waals surface area contributed by atoms with Gasteiger partial charge >= 0.3 is 5.97 Å². The van der Waals surface area contributed by atoms with Gasteiger partial charge in [-0.05, 0) is 5.56 Å². The molecular formula is C12H15NO5. The average molecular weight is 253 g/mol. The SMILES string of the molecule is O=C(O)[C@H](Cc1ccccc1)NC(=O)[C@@H](O)CO. The van der Waals surface area contributed by atoms with E-state index in [2.05, 4.69) is 5.32 Å². The van der Waals surface area contributed by atoms with E-state index in [0.717, 1.165) is 5.56 Å². The van der Waals surface area contributed by atoms with Crippen molar-refractivity contribution in [2.24, 2.45) is 0 Å². The quantitative estimate of drug-likeness (QED) is 0.528. The molecule has 0 radical (unpaired) electrons. The topological polar surface area (TPSA) is 107 Å². The number of benzene rings is 1. The predicted molar refractivity (Wildman–Crippen MR) is 62.8 cm³/mol. The van der Waals surface area contributed by atoms with Gasteiger partial charge in [0.15, 0.2) is 6.10 Å². The summed E-state index contributed by atoms with van der Waals surface area (Å²) in [5.41, 5.74) is 0.753. The Balaban J connectivity index is 2.67. The summed E-state index contributed by atoms with van der Waals surface area (Å²) in [5, 5.41) is 28.8. The summed E-state index contributed by atoms with van der Waals surface area (Å²) in [6, 6.07) is 7.67. The van der Waals surface area contributed by atoms with E-state index in [0.29, 0.717) is 0 Å². The van der Waals surface area contributed by atoms with Crippen LogP contribution < -0.4 is 5.32 Å². The molecule has 1 aromatic rings. The van der Waals surface area contributed by atoms with E-state index < -0.39 is 30.6 Å². The largest absolute Gasteiger partial charge is 0.480 e. The van der Waals surface area contributed by atoms with E-state index in [1.165, 1.54) is 0 Å². The molecule has 0 aliphatic rings. The Hall–Kier alpha value is -1.92. The van der Waals surface area contributed by atoms with E-state index in [-0.39, 0.29) is 6.42 Å². The molecule has 0 bridgehead atoms. The molecule has 0 aromatic heterocycles. The van der Waals surface area contributed by atoms with Crippen LogP contribution in [0.25, 0.3) is 0 Å². The third-order valence-corrected chi connectivity index (χ3v) is 2.37. The summed E-state index contributed by atoms with van der Waals surface area (Å²) in [6.45, 7) is -0.747. The van der Waals surface area contributed by atoms with Crippen LogP contribution in [-0.2, 0) is 16.0 Å². The summed E-state index contributed by atoms with van der Waals surface area (Å²) in [7, 11) is 0. The standard InChI is InChI=1S/C12H15NO5/c14-7-10(15)11(16)13-9(12(17)18)6-8-4-2-1-3-5-8/h1-5,9-10,14-15H,6-7H2,(H,13,16)(H,17,18)/t9-,10-/m0/s1. The molecule has 0 aliphatic heterocycles. The molecule has 98 valence electrons. The number of carboxylic acids is 1. The van der Waals surface area contributed by atoms with Gasteiger partial charge in [-0.15, -0.1) is 0 Å². The Morgan fingerprint density at radius 1 is 1.22 bits per heavy atom. The number of carboxylic acid groups (broad SMARTS) is 1. The lowest BCUT2D eigenvalue weighted by atomic mass is 10.1. The molecule has 1 amide bonds. The molecule has 2 atom stereocenters. The Morgan fingerprint density at radius 3 is 2.33 bits per heavy atom. The number of rotatable bonds is 6. The van der Waals surface area contributed by atoms with Crippen molar-refractivity contribution in [2.75, 3.05) is 6.61 Å². The molecule has 0 saturated carbocycles. The van der Waals surface area contributed by atoms with Gasteiger partial charge in [0.2, 0.25) is 0 Å². The minimum Gasteiger partial charge on any atom is -0.480 e. The number of aliphatic hydroxyl groups is 2. The second-order valence-corrected chi connectivity index (χ2v) is 3.79. The molecule has 4 N–H and O–H groups in total. The minimum atomic E-state index is -1.61. The van der Waals surface area contributed by atoms with Crippen molar-refractivity contribution in [2.45, 2.75) is 18.6 Å². The van der Waals surface area contributed by atoms with Gasteiger partial charge in [0.25, 0.3) is 5.91 Å². The highest BCUT2D eigenvalue weighted by Gasteiger charge is 2.23. The smallest absolute Gasteiger partial charge is 0.326 e. The number of aliphatic hydroxyl groups excluding tert-OH is 2. The van der Waals surface area contributed by atoms with Crippen molar-refractivity contribution < 1.29 is 24.9 Å². The van der Waals surface area contributed by atoms with Crippen LogP contribution in [0.5, 0.6) is 0 Å². The van der Waals surface area contributed by atoms with Crippen LogP contribution in [0, 0.1) is 0 Å². The summed E-state index contributed by atoms with van der Waals surface area (Å²) in [5.74, 6) is -2.10. The van der Waals surface area contributed by atoms with Gasteiger partial charge < -0.3 is 20.6 Å². The fraction of sp³-hybridized carbons (Fsp3) is 0.333. The maximum Gasteiger partial charge on any atom is 0.326 e. The van der Waals surface area contributed by atoms with Crippen molar-refractivity contribution in [1.29, 1.82) is 0 Å². The number of hydrogen-bond donors (Lipinski definition) is 4. The minimum absolute atomic E-state index is 0.111. The van der Waals surface area contributed by atoms with Crippen LogP contribution >= 0.6 is 0 Å². The van der Waals surface area contributed by atoms with E-state index in [1.807, 2.05) is 0 Å². The average Bonchev–Trinajstić information content (AvgIpc) is 2.37. The first-order chi connectivity index (χ1) is 8.54. The van der Waals surface area contributed by atoms with E-state index >= 15 is 0 Å². The lowest BCUT2D eigenvalue weighted by Crippen LogP contribution is -2.47. The Labute approximate surface area is 104 Å². The molecule has 0 aliphatic carbocycles. The summed E-state index contributed by atoms with van der Waals surface area (Å²) < 4.78 is 0. The van der Waals surface area contributed by atoms with E-state index in [9.17, 15) is 9.59 Å². The molecule has 0 fully saturated rings. The maximum atomic E-state index is 11.3. The van der Waals surface area contributed by atoms with Gasteiger partial charge in [-0.3, -0.25) is 4.79 Å². The highest BCUT2D eigenvalue weighted by molar-refractivity contribution is 5.86. The van der Waals surface area contributed by atoms with E-state index in [4.69, 9.17) is 15.3 Å². The first-order valence-electron chi connectivity index (χ1n) is 5.40. The van der Waals surface area contributed by atoms with Crippen molar-refractivity contribution in [3.63, 3.8) is 0 Å². The van der Waals surface area contributed by atoms with Gasteiger partial charge in [0.1, 0.15) is 6.04 Å². The Bertz CT molecular complexity index is 406. The molecule has 6 heteroatoms. The van der Waals surface area contributed by atoms with Gasteiger partial charge in [-0.25, -0.2) is 4.79 Å². The van der Waals surface area contributed by atoms with Crippen LogP contribution in [0.3, 0.4) is 0 Å². The fourth-order valence-corrected chi connectivity index (χ4v) is 1.40. The van der Waals surface area contributed by atoms with Gasteiger partial charge in [0, 0.05) is 6.42 Å². The van der Waals surface area contributed by atoms with Gasteiger partial charge in [0.05, 0.1) is 6.61 Å². The second-order valence-electron chi connectivity index (χ2n) is 3.79. The molecule has 6 nitrogen and oxygen atoms in total. The number of carbonyl (C=O) groups excluding carboxylic acids is 1. The first-order valence-corrected chi connectivity index (χ1v) is 5.40. The molecular weight excluding hydrogens is 238 g/mol. The first kappa shape index (κ1) is 14.1. The number of hydrogen-bond acceptors (Lipinski definition) is 4. The number of aliphatic carboxylic acids is 1. The third-order valence-electron chi connectivity index (χ3n) is 2.37. The predicted octanol–water partition coefficient (Wildman–Crippen LogP) is -0.848. The Kier molecular flexibility index (Phi) is 5.29. The zero-order valence-electron chi connectivity index (χ0n) is 9.61. The molecule has 0 unspecified atom stereocenters. The lowest BCUT2D eigenvalue weighted by Gasteiger charge is -2.16. The highest BCUT2D eigenvalue weighted by Crippen LogP contribution is 2.03. The van der Waals surface area contributed by atoms with Crippen molar-refractivity contribution in [1.82, 2.24) is 5.32 Å². The molecule has 1 aromatic carbocycles. The normalized spacial score (nSPS) is 13.7. The van der Waals surface area contributed by atoms with Gasteiger partial charge in [-0.2, -0.15) is 0 Å². The fourth-order valence-electron chi connectivity index (χ4n) is 1.40. The molecule has 0 saturated heterocycles. The number of amides is 1. The van der Waals surface area contributed by atoms with Crippen LogP contribution in [0.4, 0.5) is 0 Å². The number of nitrogens with one attached hydrogen (secondary N) is 1. The second kappa shape index (κ2) is 6.73. The highest BCUT2D eigenvalue weighted by atomic mass is 16.4. The summed E-state index contributed by atoms with van der Waals surface area (Å²) in [4.78, 5) is 22.3. The molecule has 1 rings (SSSR count). The van der Waals surface area contributed by atoms with Crippen LogP contribution in [0.2, 0.25) is 0 Å². The van der Waals surface area contributed by atoms with Crippen LogP contribution in [0.15, 0.2) is 30.3 Å². The van der Waals surface area contributed by atoms with Crippen molar-refractivity contribution in [3.05, 3.63) is 35.9 Å². The van der Waals surface area contributed by atoms with Gasteiger partial charge in [-0.1, -0.05) is 30.3 Å². The zero-order valence-corrected chi connectivity index (χ0v) is 9.61. The lowest BCUT2D eigenvalue weighted by molar-refractivity contribution is -0.143.